The van der Waals surface area contributed by atoms with Gasteiger partial charge in [-0.2, -0.15) is 9.61 Å². The van der Waals surface area contributed by atoms with E-state index in [1.54, 1.807) is 28.9 Å². The normalized spacial score (nSPS) is 14.9. The van der Waals surface area contributed by atoms with Gasteiger partial charge in [-0.05, 0) is 31.1 Å². The van der Waals surface area contributed by atoms with Crippen LogP contribution in [0, 0.1) is 6.57 Å². The monoisotopic (exact) mass is 400 g/mol. The third-order valence-corrected chi connectivity index (χ3v) is 4.65. The number of nitrogens with one attached hydrogen (secondary N) is 3. The van der Waals surface area contributed by atoms with Crippen LogP contribution in [0.5, 0.6) is 5.88 Å². The van der Waals surface area contributed by atoms with Crippen LogP contribution in [0.4, 0.5) is 17.2 Å². The first-order valence-corrected chi connectivity index (χ1v) is 9.29. The number of fused-ring (bicyclic) bond motifs is 1. The van der Waals surface area contributed by atoms with Gasteiger partial charge < -0.3 is 15.4 Å². The largest absolute Gasteiger partial charge is 0.493 e. The molecule has 1 saturated carbocycles. The molecule has 0 unspecified atom stereocenters. The molecule has 30 heavy (non-hydrogen) atoms. The molecular formula is C20H16N8O2. The summed E-state index contributed by atoms with van der Waals surface area (Å²) in [6.45, 7) is 7.06. The predicted molar refractivity (Wildman–Crippen MR) is 109 cm³/mol. The molecule has 0 spiro atoms. The first kappa shape index (κ1) is 17.7. The second kappa shape index (κ2) is 6.89. The van der Waals surface area contributed by atoms with Crippen molar-refractivity contribution in [2.75, 3.05) is 5.32 Å². The van der Waals surface area contributed by atoms with Crippen molar-refractivity contribution in [3.63, 3.8) is 0 Å². The van der Waals surface area contributed by atoms with E-state index in [9.17, 15) is 9.90 Å². The van der Waals surface area contributed by atoms with Gasteiger partial charge in [-0.3, -0.25) is 9.98 Å². The molecule has 3 aromatic heterocycles. The molecule has 1 fully saturated rings. The lowest BCUT2D eigenvalue weighted by atomic mass is 10.3. The summed E-state index contributed by atoms with van der Waals surface area (Å²) in [6.07, 6.45) is 5.29. The Morgan fingerprint density at radius 3 is 2.77 bits per heavy atom. The van der Waals surface area contributed by atoms with Crippen LogP contribution in [0.1, 0.15) is 18.5 Å². The van der Waals surface area contributed by atoms with Gasteiger partial charge in [0.15, 0.2) is 16.8 Å². The third kappa shape index (κ3) is 3.40. The van der Waals surface area contributed by atoms with Crippen molar-refractivity contribution in [2.24, 2.45) is 4.99 Å². The molecule has 0 amide bonds. The van der Waals surface area contributed by atoms with Gasteiger partial charge in [0.1, 0.15) is 11.5 Å². The number of aromatic amines is 2. The van der Waals surface area contributed by atoms with Crippen LogP contribution >= 0.6 is 0 Å². The van der Waals surface area contributed by atoms with Crippen LogP contribution < -0.4 is 21.7 Å². The summed E-state index contributed by atoms with van der Waals surface area (Å²) in [5, 5.41) is 18.1. The summed E-state index contributed by atoms with van der Waals surface area (Å²) in [7, 11) is 0. The van der Waals surface area contributed by atoms with Crippen LogP contribution in [0.15, 0.2) is 46.3 Å². The van der Waals surface area contributed by atoms with Gasteiger partial charge in [0.05, 0.1) is 18.8 Å². The molecule has 10 nitrogen and oxygen atoms in total. The average Bonchev–Trinajstić information content (AvgIpc) is 3.37. The lowest BCUT2D eigenvalue weighted by Gasteiger charge is -2.06. The highest BCUT2D eigenvalue weighted by molar-refractivity contribution is 5.63. The highest BCUT2D eigenvalue weighted by Crippen LogP contribution is 2.23. The number of nitrogens with zero attached hydrogens (tertiary/aromatic N) is 5. The van der Waals surface area contributed by atoms with Crippen LogP contribution in [0.3, 0.4) is 0 Å². The minimum absolute atomic E-state index is 0.241. The zero-order valence-electron chi connectivity index (χ0n) is 15.6. The average molecular weight is 400 g/mol. The molecule has 10 heteroatoms. The van der Waals surface area contributed by atoms with Crippen molar-refractivity contribution in [3.8, 4) is 5.88 Å². The van der Waals surface area contributed by atoms with E-state index >= 15 is 0 Å². The fourth-order valence-corrected chi connectivity index (χ4v) is 3.03. The van der Waals surface area contributed by atoms with Crippen LogP contribution in [0.2, 0.25) is 0 Å². The van der Waals surface area contributed by atoms with Gasteiger partial charge in [-0.15, -0.1) is 0 Å². The van der Waals surface area contributed by atoms with E-state index in [0.717, 1.165) is 18.5 Å². The Kier molecular flexibility index (Phi) is 4.07. The van der Waals surface area contributed by atoms with Crippen molar-refractivity contribution in [1.29, 1.82) is 0 Å². The van der Waals surface area contributed by atoms with E-state index in [4.69, 9.17) is 11.6 Å². The smallest absolute Gasteiger partial charge is 0.326 e. The summed E-state index contributed by atoms with van der Waals surface area (Å²) < 4.78 is 1.64. The Labute approximate surface area is 169 Å². The molecule has 1 aliphatic rings. The van der Waals surface area contributed by atoms with Gasteiger partial charge in [0, 0.05) is 17.0 Å². The SMILES string of the molecule is [C-]#[N+]c1ccc(Nc2cc(=NC3CC3)n3ncc(=Cc4[nH]c(=O)[nH]c4O)c3n2)cc1. The van der Waals surface area contributed by atoms with E-state index in [2.05, 4.69) is 30.2 Å². The summed E-state index contributed by atoms with van der Waals surface area (Å²) in [6, 6.07) is 9.17. The first-order valence-electron chi connectivity index (χ1n) is 9.29. The molecule has 1 aliphatic carbocycles. The second-order valence-corrected chi connectivity index (χ2v) is 6.96. The van der Waals surface area contributed by atoms with Crippen molar-refractivity contribution in [3.05, 3.63) is 74.8 Å². The van der Waals surface area contributed by atoms with Gasteiger partial charge in [0.2, 0.25) is 5.88 Å². The Hall–Kier alpha value is -4.39. The molecule has 0 atom stereocenters. The number of anilines is 2. The molecule has 4 aromatic rings. The van der Waals surface area contributed by atoms with Gasteiger partial charge in [0.25, 0.3) is 0 Å². The van der Waals surface area contributed by atoms with Crippen molar-refractivity contribution < 1.29 is 5.11 Å². The predicted octanol–water partition coefficient (Wildman–Crippen LogP) is 1.36. The van der Waals surface area contributed by atoms with Crippen LogP contribution in [-0.2, 0) is 0 Å². The number of hydrogen-bond donors (Lipinski definition) is 4. The molecule has 5 rings (SSSR count). The highest BCUT2D eigenvalue weighted by Gasteiger charge is 2.20. The molecule has 0 aliphatic heterocycles. The molecule has 0 bridgehead atoms. The molecule has 3 heterocycles. The van der Waals surface area contributed by atoms with Crippen molar-refractivity contribution in [1.82, 2.24) is 24.6 Å². The van der Waals surface area contributed by atoms with Crippen LogP contribution in [-0.4, -0.2) is 35.7 Å². The summed E-state index contributed by atoms with van der Waals surface area (Å²) in [5.74, 6) is 0.316. The first-order chi connectivity index (χ1) is 14.6. The fourth-order valence-electron chi connectivity index (χ4n) is 3.03. The van der Waals surface area contributed by atoms with Gasteiger partial charge in [-0.1, -0.05) is 12.1 Å². The summed E-state index contributed by atoms with van der Waals surface area (Å²) >= 11 is 0. The van der Waals surface area contributed by atoms with E-state index < -0.39 is 5.69 Å². The molecule has 1 aromatic carbocycles. The Morgan fingerprint density at radius 1 is 1.30 bits per heavy atom. The Bertz CT molecular complexity index is 1470. The zero-order chi connectivity index (χ0) is 20.7. The third-order valence-electron chi connectivity index (χ3n) is 4.65. The number of imidazole rings is 1. The van der Waals surface area contributed by atoms with Crippen molar-refractivity contribution in [2.45, 2.75) is 18.9 Å². The second-order valence-electron chi connectivity index (χ2n) is 6.96. The number of aromatic hydroxyl groups is 1. The number of aromatic nitrogens is 5. The summed E-state index contributed by atoms with van der Waals surface area (Å²) in [5.41, 5.74) is 2.27. The number of rotatable bonds is 4. The number of H-pyrrole nitrogens is 2. The van der Waals surface area contributed by atoms with E-state index in [1.807, 2.05) is 18.2 Å². The highest BCUT2D eigenvalue weighted by atomic mass is 16.3. The van der Waals surface area contributed by atoms with E-state index in [1.165, 1.54) is 0 Å². The maximum absolute atomic E-state index is 11.4. The van der Waals surface area contributed by atoms with Gasteiger partial charge in [-0.25, -0.2) is 14.6 Å². The molecule has 148 valence electrons. The van der Waals surface area contributed by atoms with Gasteiger partial charge >= 0.3 is 5.69 Å². The summed E-state index contributed by atoms with van der Waals surface area (Å²) in [4.78, 5) is 29.0. The Balaban J connectivity index is 1.65. The maximum atomic E-state index is 11.4. The van der Waals surface area contributed by atoms with E-state index in [0.29, 0.717) is 27.9 Å². The maximum Gasteiger partial charge on any atom is 0.326 e. The topological polar surface area (TPSA) is 128 Å². The lowest BCUT2D eigenvalue weighted by Crippen LogP contribution is -2.19. The standard InChI is InChI=1S/C20H16N8O2/c1-21-12-2-4-13(5-3-12)23-16-9-17(24-14-6-7-14)28-18(26-16)11(10-22-28)8-15-19(29)27-20(30)25-15/h2-5,8-10,14,23,29H,6-7H2,(H2,25,27,30). The minimum atomic E-state index is -0.502. The number of hydrogen-bond acceptors (Lipinski definition) is 6. The van der Waals surface area contributed by atoms with Crippen molar-refractivity contribution >= 4 is 28.9 Å². The minimum Gasteiger partial charge on any atom is -0.493 e. The molecule has 0 radical (unpaired) electrons. The molecule has 4 N–H and O–H groups in total. The lowest BCUT2D eigenvalue weighted by molar-refractivity contribution is 0.454. The molecule has 0 saturated heterocycles. The fraction of sp³-hybridized carbons (Fsp3) is 0.150. The Morgan fingerprint density at radius 2 is 2.10 bits per heavy atom. The van der Waals surface area contributed by atoms with E-state index in [-0.39, 0.29) is 17.6 Å². The van der Waals surface area contributed by atoms with Crippen LogP contribution in [0.25, 0.3) is 16.6 Å². The zero-order valence-corrected chi connectivity index (χ0v) is 15.6. The molecular weight excluding hydrogens is 384 g/mol. The number of benzene rings is 1. The quantitative estimate of drug-likeness (QED) is 0.385.